The van der Waals surface area contributed by atoms with Crippen LogP contribution in [0.25, 0.3) is 22.2 Å². The molecular weight excluding hydrogens is 364 g/mol. The second-order valence-corrected chi connectivity index (χ2v) is 7.57. The van der Waals surface area contributed by atoms with Gasteiger partial charge in [0.25, 0.3) is 0 Å². The number of unbranched alkanes of at least 4 members (excludes halogenated alkanes) is 5. The number of carbonyl (C=O) groups is 1. The average Bonchev–Trinajstić information content (AvgIpc) is 3.18. The highest BCUT2D eigenvalue weighted by molar-refractivity contribution is 7.03. The van der Waals surface area contributed by atoms with E-state index >= 15 is 0 Å². The largest absolute Gasteiger partial charge is 0.298 e. The van der Waals surface area contributed by atoms with Crippen molar-refractivity contribution in [1.29, 1.82) is 0 Å². The van der Waals surface area contributed by atoms with Crippen molar-refractivity contribution in [3.05, 3.63) is 45.9 Å². The van der Waals surface area contributed by atoms with Gasteiger partial charge < -0.3 is 0 Å². The lowest BCUT2D eigenvalue weighted by atomic mass is 9.96. The van der Waals surface area contributed by atoms with Gasteiger partial charge in [-0.25, -0.2) is 0 Å². The minimum atomic E-state index is 0.604. The molecular formula is C21H23ClN2OS. The third kappa shape index (κ3) is 4.13. The quantitative estimate of drug-likeness (QED) is 0.302. The molecule has 0 radical (unpaired) electrons. The Labute approximate surface area is 163 Å². The molecule has 0 saturated heterocycles. The molecule has 0 atom stereocenters. The second-order valence-electron chi connectivity index (χ2n) is 6.50. The number of nitrogens with zero attached hydrogens (tertiary/aromatic N) is 2. The second kappa shape index (κ2) is 9.24. The van der Waals surface area contributed by atoms with Crippen LogP contribution in [-0.2, 0) is 6.42 Å². The molecule has 2 heterocycles. The molecule has 3 nitrogen and oxygen atoms in total. The number of benzene rings is 1. The highest BCUT2D eigenvalue weighted by atomic mass is 35.5. The number of carbonyl (C=O) groups excluding carboxylic acids is 1. The summed E-state index contributed by atoms with van der Waals surface area (Å²) in [5.41, 5.74) is 3.92. The number of aryl methyl sites for hydroxylation is 1. The molecule has 3 rings (SSSR count). The minimum absolute atomic E-state index is 0.604. The van der Waals surface area contributed by atoms with Crippen LogP contribution in [0.3, 0.4) is 0 Å². The molecule has 3 aromatic rings. The van der Waals surface area contributed by atoms with E-state index in [1.54, 1.807) is 0 Å². The number of rotatable bonds is 9. The van der Waals surface area contributed by atoms with Gasteiger partial charge in [0.2, 0.25) is 0 Å². The van der Waals surface area contributed by atoms with Gasteiger partial charge in [-0.2, -0.15) is 4.37 Å². The van der Waals surface area contributed by atoms with Crippen LogP contribution in [-0.4, -0.2) is 15.6 Å². The molecule has 136 valence electrons. The van der Waals surface area contributed by atoms with Gasteiger partial charge in [0, 0.05) is 21.9 Å². The molecule has 0 aliphatic heterocycles. The van der Waals surface area contributed by atoms with Crippen LogP contribution >= 0.6 is 23.1 Å². The smallest absolute Gasteiger partial charge is 0.152 e. The van der Waals surface area contributed by atoms with Crippen LogP contribution in [0.1, 0.15) is 61.5 Å². The van der Waals surface area contributed by atoms with Gasteiger partial charge in [-0.15, -0.1) is 0 Å². The summed E-state index contributed by atoms with van der Waals surface area (Å²) in [6.45, 7) is 2.22. The van der Waals surface area contributed by atoms with E-state index in [2.05, 4.69) is 11.3 Å². The van der Waals surface area contributed by atoms with Gasteiger partial charge in [0.15, 0.2) is 6.29 Å². The molecule has 2 aromatic heterocycles. The topological polar surface area (TPSA) is 42.9 Å². The van der Waals surface area contributed by atoms with Crippen LogP contribution < -0.4 is 0 Å². The van der Waals surface area contributed by atoms with E-state index in [9.17, 15) is 4.79 Å². The highest BCUT2D eigenvalue weighted by Gasteiger charge is 2.19. The van der Waals surface area contributed by atoms with E-state index in [-0.39, 0.29) is 0 Å². The first kappa shape index (κ1) is 19.0. The molecule has 5 heteroatoms. The molecule has 0 N–H and O–H groups in total. The van der Waals surface area contributed by atoms with Crippen molar-refractivity contribution in [1.82, 2.24) is 9.36 Å². The first-order chi connectivity index (χ1) is 12.8. The zero-order valence-electron chi connectivity index (χ0n) is 15.0. The van der Waals surface area contributed by atoms with Gasteiger partial charge in [0.1, 0.15) is 0 Å². The van der Waals surface area contributed by atoms with Crippen molar-refractivity contribution in [3.8, 4) is 11.3 Å². The maximum absolute atomic E-state index is 12.0. The molecule has 0 bridgehead atoms. The predicted octanol–water partition coefficient (Wildman–Crippen LogP) is 6.73. The minimum Gasteiger partial charge on any atom is -0.298 e. The summed E-state index contributed by atoms with van der Waals surface area (Å²) < 4.78 is 4.45. The Balaban J connectivity index is 1.98. The zero-order valence-corrected chi connectivity index (χ0v) is 16.6. The maximum atomic E-state index is 12.0. The third-order valence-corrected chi connectivity index (χ3v) is 5.53. The number of fused-ring (bicyclic) bond motifs is 1. The summed E-state index contributed by atoms with van der Waals surface area (Å²) in [5, 5.41) is 3.33. The Morgan fingerprint density at radius 2 is 1.92 bits per heavy atom. The fourth-order valence-electron chi connectivity index (χ4n) is 3.34. The number of pyridine rings is 1. The molecule has 1 aromatic carbocycles. The van der Waals surface area contributed by atoms with Gasteiger partial charge in [0.05, 0.1) is 21.9 Å². The standard InChI is InChI=1S/C21H23ClN2OS/c1-2-3-4-5-6-7-10-17-15(14-25)20(19-12-13-26-24-19)21-16(22)9-8-11-18(21)23-17/h8-9,11-14H,2-7,10H2,1H3. The van der Waals surface area contributed by atoms with E-state index in [1.807, 2.05) is 29.6 Å². The highest BCUT2D eigenvalue weighted by Crippen LogP contribution is 2.36. The molecule has 0 amide bonds. The molecule has 0 aliphatic carbocycles. The fraction of sp³-hybridized carbons (Fsp3) is 0.381. The summed E-state index contributed by atoms with van der Waals surface area (Å²) >= 11 is 7.83. The SMILES string of the molecule is CCCCCCCCc1nc2cccc(Cl)c2c(-c2ccsn2)c1C=O. The van der Waals surface area contributed by atoms with Crippen molar-refractivity contribution in [2.45, 2.75) is 51.9 Å². The summed E-state index contributed by atoms with van der Waals surface area (Å²) in [5.74, 6) is 0. The molecule has 0 saturated carbocycles. The van der Waals surface area contributed by atoms with Gasteiger partial charge in [-0.05, 0) is 42.6 Å². The Kier molecular flexibility index (Phi) is 6.75. The van der Waals surface area contributed by atoms with Gasteiger partial charge in [-0.1, -0.05) is 56.7 Å². The fourth-order valence-corrected chi connectivity index (χ4v) is 4.12. The summed E-state index contributed by atoms with van der Waals surface area (Å²) in [4.78, 5) is 16.7. The van der Waals surface area contributed by atoms with E-state index in [0.29, 0.717) is 10.6 Å². The summed E-state index contributed by atoms with van der Waals surface area (Å²) in [7, 11) is 0. The zero-order chi connectivity index (χ0) is 18.4. The van der Waals surface area contributed by atoms with E-state index in [1.165, 1.54) is 43.6 Å². The van der Waals surface area contributed by atoms with Crippen molar-refractivity contribution < 1.29 is 4.79 Å². The number of hydrogen-bond acceptors (Lipinski definition) is 4. The first-order valence-electron chi connectivity index (χ1n) is 9.23. The number of halogens is 1. The lowest BCUT2D eigenvalue weighted by molar-refractivity contribution is 0.112. The van der Waals surface area contributed by atoms with Crippen LogP contribution in [0.2, 0.25) is 5.02 Å². The number of aromatic nitrogens is 2. The van der Waals surface area contributed by atoms with Gasteiger partial charge in [-0.3, -0.25) is 9.78 Å². The molecule has 0 fully saturated rings. The Morgan fingerprint density at radius 1 is 1.12 bits per heavy atom. The predicted molar refractivity (Wildman–Crippen MR) is 110 cm³/mol. The number of aldehydes is 1. The summed E-state index contributed by atoms with van der Waals surface area (Å²) in [6.07, 6.45) is 8.99. The van der Waals surface area contributed by atoms with Crippen LogP contribution in [0.15, 0.2) is 29.6 Å². The van der Waals surface area contributed by atoms with Crippen molar-refractivity contribution >= 4 is 40.3 Å². The van der Waals surface area contributed by atoms with Crippen molar-refractivity contribution in [2.75, 3.05) is 0 Å². The third-order valence-electron chi connectivity index (χ3n) is 4.66. The molecule has 0 spiro atoms. The van der Waals surface area contributed by atoms with E-state index < -0.39 is 0 Å². The Hall–Kier alpha value is -1.78. The van der Waals surface area contributed by atoms with Crippen molar-refractivity contribution in [2.24, 2.45) is 0 Å². The maximum Gasteiger partial charge on any atom is 0.152 e. The molecule has 26 heavy (non-hydrogen) atoms. The number of hydrogen-bond donors (Lipinski definition) is 0. The first-order valence-corrected chi connectivity index (χ1v) is 10.4. The van der Waals surface area contributed by atoms with Crippen molar-refractivity contribution in [3.63, 3.8) is 0 Å². The molecule has 0 unspecified atom stereocenters. The van der Waals surface area contributed by atoms with Gasteiger partial charge >= 0.3 is 0 Å². The Bertz CT molecular complexity index is 877. The lowest BCUT2D eigenvalue weighted by Crippen LogP contribution is -2.03. The van der Waals surface area contributed by atoms with Crippen LogP contribution in [0, 0.1) is 0 Å². The summed E-state index contributed by atoms with van der Waals surface area (Å²) in [6, 6.07) is 7.63. The lowest BCUT2D eigenvalue weighted by Gasteiger charge is -2.13. The van der Waals surface area contributed by atoms with Crippen LogP contribution in [0.5, 0.6) is 0 Å². The van der Waals surface area contributed by atoms with Crippen LogP contribution in [0.4, 0.5) is 0 Å². The Morgan fingerprint density at radius 3 is 2.65 bits per heavy atom. The van der Waals surface area contributed by atoms with E-state index in [0.717, 1.165) is 47.0 Å². The monoisotopic (exact) mass is 386 g/mol. The average molecular weight is 387 g/mol. The van der Waals surface area contributed by atoms with E-state index in [4.69, 9.17) is 16.6 Å². The normalized spacial score (nSPS) is 11.2. The molecule has 0 aliphatic rings.